The quantitative estimate of drug-likeness (QED) is 0.759. The summed E-state index contributed by atoms with van der Waals surface area (Å²) in [5.74, 6) is 0.746. The molecule has 0 spiro atoms. The fraction of sp³-hybridized carbons (Fsp3) is 0.667. The van der Waals surface area contributed by atoms with E-state index < -0.39 is 0 Å². The van der Waals surface area contributed by atoms with Gasteiger partial charge in [0.25, 0.3) is 0 Å². The minimum Gasteiger partial charge on any atom is -0.354 e. The minimum atomic E-state index is 0. The summed E-state index contributed by atoms with van der Waals surface area (Å²) in [4.78, 5) is 8.72. The molecule has 0 amide bonds. The highest BCUT2D eigenvalue weighted by Crippen LogP contribution is 2.07. The van der Waals surface area contributed by atoms with E-state index in [1.807, 2.05) is 13.1 Å². The Morgan fingerprint density at radius 1 is 1.22 bits per heavy atom. The van der Waals surface area contributed by atoms with Crippen LogP contribution in [0.5, 0.6) is 0 Å². The highest BCUT2D eigenvalue weighted by Gasteiger charge is 2.00. The molecular formula is C12H24Cl2N4. The molecule has 1 aromatic rings. The molecule has 0 aliphatic rings. The Kier molecular flexibility index (Phi) is 12.6. The van der Waals surface area contributed by atoms with Crippen LogP contribution in [-0.2, 0) is 6.42 Å². The SMILES string of the molecule is CCc1nc(NCCCCCN)ncc1C.Cl.Cl. The molecule has 1 rings (SSSR count). The highest BCUT2D eigenvalue weighted by atomic mass is 35.5. The third-order valence-electron chi connectivity index (χ3n) is 2.58. The smallest absolute Gasteiger partial charge is 0.222 e. The van der Waals surface area contributed by atoms with E-state index in [-0.39, 0.29) is 24.8 Å². The van der Waals surface area contributed by atoms with Crippen LogP contribution in [0, 0.1) is 6.92 Å². The monoisotopic (exact) mass is 294 g/mol. The van der Waals surface area contributed by atoms with Crippen LogP contribution in [0.3, 0.4) is 0 Å². The number of hydrogen-bond donors (Lipinski definition) is 2. The maximum absolute atomic E-state index is 5.43. The van der Waals surface area contributed by atoms with Crippen LogP contribution in [0.15, 0.2) is 6.20 Å². The van der Waals surface area contributed by atoms with Gasteiger partial charge in [-0.05, 0) is 38.3 Å². The number of nitrogens with one attached hydrogen (secondary N) is 1. The van der Waals surface area contributed by atoms with Crippen molar-refractivity contribution in [3.8, 4) is 0 Å². The molecule has 0 aliphatic heterocycles. The van der Waals surface area contributed by atoms with E-state index in [9.17, 15) is 0 Å². The third-order valence-corrected chi connectivity index (χ3v) is 2.58. The zero-order valence-corrected chi connectivity index (χ0v) is 12.7. The predicted octanol–water partition coefficient (Wildman–Crippen LogP) is 2.73. The van der Waals surface area contributed by atoms with Crippen molar-refractivity contribution in [2.24, 2.45) is 5.73 Å². The van der Waals surface area contributed by atoms with Gasteiger partial charge in [0, 0.05) is 18.4 Å². The van der Waals surface area contributed by atoms with Gasteiger partial charge >= 0.3 is 0 Å². The van der Waals surface area contributed by atoms with Gasteiger partial charge in [-0.25, -0.2) is 9.97 Å². The first-order chi connectivity index (χ1) is 7.77. The van der Waals surface area contributed by atoms with Gasteiger partial charge in [-0.15, -0.1) is 24.8 Å². The molecule has 4 nitrogen and oxygen atoms in total. The van der Waals surface area contributed by atoms with Gasteiger partial charge < -0.3 is 11.1 Å². The molecule has 1 heterocycles. The van der Waals surface area contributed by atoms with Gasteiger partial charge in [0.05, 0.1) is 0 Å². The van der Waals surface area contributed by atoms with Gasteiger partial charge in [0.1, 0.15) is 0 Å². The summed E-state index contributed by atoms with van der Waals surface area (Å²) in [5.41, 5.74) is 7.72. The predicted molar refractivity (Wildman–Crippen MR) is 82.0 cm³/mol. The molecule has 0 aromatic carbocycles. The molecule has 6 heteroatoms. The maximum Gasteiger partial charge on any atom is 0.222 e. The summed E-state index contributed by atoms with van der Waals surface area (Å²) in [6.07, 6.45) is 6.22. The molecule has 0 fully saturated rings. The normalized spacial score (nSPS) is 9.28. The van der Waals surface area contributed by atoms with Crippen molar-refractivity contribution in [2.45, 2.75) is 39.5 Å². The molecular weight excluding hydrogens is 271 g/mol. The first kappa shape index (κ1) is 19.8. The fourth-order valence-electron chi connectivity index (χ4n) is 1.57. The summed E-state index contributed by atoms with van der Waals surface area (Å²) >= 11 is 0. The van der Waals surface area contributed by atoms with E-state index in [1.54, 1.807) is 0 Å². The topological polar surface area (TPSA) is 63.8 Å². The molecule has 0 saturated heterocycles. The maximum atomic E-state index is 5.43. The second-order valence-electron chi connectivity index (χ2n) is 3.95. The molecule has 18 heavy (non-hydrogen) atoms. The van der Waals surface area contributed by atoms with Crippen molar-refractivity contribution < 1.29 is 0 Å². The van der Waals surface area contributed by atoms with E-state index in [0.717, 1.165) is 56.0 Å². The second kappa shape index (κ2) is 11.5. The molecule has 0 unspecified atom stereocenters. The summed E-state index contributed by atoms with van der Waals surface area (Å²) in [7, 11) is 0. The van der Waals surface area contributed by atoms with Crippen molar-refractivity contribution in [3.05, 3.63) is 17.5 Å². The van der Waals surface area contributed by atoms with E-state index in [2.05, 4.69) is 22.2 Å². The summed E-state index contributed by atoms with van der Waals surface area (Å²) in [6.45, 7) is 5.86. The number of unbranched alkanes of at least 4 members (excludes halogenated alkanes) is 2. The van der Waals surface area contributed by atoms with Crippen LogP contribution in [0.4, 0.5) is 5.95 Å². The molecule has 0 saturated carbocycles. The second-order valence-corrected chi connectivity index (χ2v) is 3.95. The Bertz CT molecular complexity index is 321. The van der Waals surface area contributed by atoms with Crippen molar-refractivity contribution in [2.75, 3.05) is 18.4 Å². The Morgan fingerprint density at radius 2 is 1.94 bits per heavy atom. The van der Waals surface area contributed by atoms with Crippen LogP contribution in [0.25, 0.3) is 0 Å². The number of anilines is 1. The standard InChI is InChI=1S/C12H22N4.2ClH/c1-3-11-10(2)9-15-12(16-11)14-8-6-4-5-7-13;;/h9H,3-8,13H2,1-2H3,(H,14,15,16);2*1H. The van der Waals surface area contributed by atoms with Gasteiger partial charge in [-0.3, -0.25) is 0 Å². The molecule has 106 valence electrons. The Morgan fingerprint density at radius 3 is 2.56 bits per heavy atom. The van der Waals surface area contributed by atoms with Crippen LogP contribution in [-0.4, -0.2) is 23.1 Å². The summed E-state index contributed by atoms with van der Waals surface area (Å²) in [5, 5.41) is 3.24. The van der Waals surface area contributed by atoms with Crippen LogP contribution >= 0.6 is 24.8 Å². The van der Waals surface area contributed by atoms with Crippen LogP contribution in [0.2, 0.25) is 0 Å². The number of hydrogen-bond acceptors (Lipinski definition) is 4. The summed E-state index contributed by atoms with van der Waals surface area (Å²) < 4.78 is 0. The third kappa shape index (κ3) is 6.99. The lowest BCUT2D eigenvalue weighted by atomic mass is 10.2. The fourth-order valence-corrected chi connectivity index (χ4v) is 1.57. The van der Waals surface area contributed by atoms with E-state index in [0.29, 0.717) is 0 Å². The lowest BCUT2D eigenvalue weighted by molar-refractivity contribution is 0.704. The average molecular weight is 295 g/mol. The van der Waals surface area contributed by atoms with E-state index >= 15 is 0 Å². The van der Waals surface area contributed by atoms with Crippen molar-refractivity contribution in [1.82, 2.24) is 9.97 Å². The molecule has 0 aliphatic carbocycles. The van der Waals surface area contributed by atoms with Crippen molar-refractivity contribution in [1.29, 1.82) is 0 Å². The molecule has 3 N–H and O–H groups in total. The van der Waals surface area contributed by atoms with Gasteiger partial charge in [0.2, 0.25) is 5.95 Å². The van der Waals surface area contributed by atoms with Gasteiger partial charge in [-0.2, -0.15) is 0 Å². The molecule has 1 aromatic heterocycles. The first-order valence-electron chi connectivity index (χ1n) is 6.04. The zero-order valence-electron chi connectivity index (χ0n) is 11.1. The first-order valence-corrected chi connectivity index (χ1v) is 6.04. The molecule has 0 atom stereocenters. The molecule has 0 radical (unpaired) electrons. The lowest BCUT2D eigenvalue weighted by Gasteiger charge is -2.07. The number of aryl methyl sites for hydroxylation is 2. The summed E-state index contributed by atoms with van der Waals surface area (Å²) in [6, 6.07) is 0. The largest absolute Gasteiger partial charge is 0.354 e. The van der Waals surface area contributed by atoms with Crippen molar-refractivity contribution in [3.63, 3.8) is 0 Å². The average Bonchev–Trinajstić information content (AvgIpc) is 2.31. The van der Waals surface area contributed by atoms with Crippen LogP contribution < -0.4 is 11.1 Å². The zero-order chi connectivity index (χ0) is 11.8. The number of aromatic nitrogens is 2. The van der Waals surface area contributed by atoms with E-state index in [1.165, 1.54) is 0 Å². The van der Waals surface area contributed by atoms with E-state index in [4.69, 9.17) is 5.73 Å². The van der Waals surface area contributed by atoms with Crippen LogP contribution in [0.1, 0.15) is 37.4 Å². The van der Waals surface area contributed by atoms with Crippen molar-refractivity contribution >= 4 is 30.8 Å². The Labute approximate surface area is 122 Å². The number of nitrogens with two attached hydrogens (primary N) is 1. The number of rotatable bonds is 7. The van der Waals surface area contributed by atoms with Gasteiger partial charge in [-0.1, -0.05) is 13.3 Å². The minimum absolute atomic E-state index is 0. The van der Waals surface area contributed by atoms with Gasteiger partial charge in [0.15, 0.2) is 0 Å². The number of nitrogens with zero attached hydrogens (tertiary/aromatic N) is 2. The lowest BCUT2D eigenvalue weighted by Crippen LogP contribution is -2.08. The highest BCUT2D eigenvalue weighted by molar-refractivity contribution is 5.85. The molecule has 0 bridgehead atoms. The number of halogens is 2. The Hall–Kier alpha value is -0.580. The Balaban J connectivity index is 0.